The minimum Gasteiger partial charge on any atom is -0.489 e. The van der Waals surface area contributed by atoms with Crippen molar-refractivity contribution in [2.24, 2.45) is 4.99 Å². The maximum atomic E-state index is 12.2. The standard InChI is InChI=1S/C19H31ClN4O3S/c1-4-13-28(25,26)24-11-9-17(10-12-24)23-19(21-3)22-14-15(2)27-18-7-5-16(20)6-8-18/h5-8,15,17H,4,9-14H2,1-3H3,(H2,21,22,23). The molecular weight excluding hydrogens is 400 g/mol. The Morgan fingerprint density at radius 3 is 2.54 bits per heavy atom. The molecule has 1 heterocycles. The topological polar surface area (TPSA) is 83.0 Å². The van der Waals surface area contributed by atoms with Gasteiger partial charge in [0.05, 0.1) is 12.3 Å². The molecule has 9 heteroatoms. The van der Waals surface area contributed by atoms with Gasteiger partial charge in [-0.25, -0.2) is 12.7 Å². The maximum Gasteiger partial charge on any atom is 0.214 e. The molecular formula is C19H31ClN4O3S. The molecule has 1 saturated heterocycles. The fraction of sp³-hybridized carbons (Fsp3) is 0.632. The molecule has 0 aliphatic carbocycles. The second kappa shape index (κ2) is 10.9. The highest BCUT2D eigenvalue weighted by atomic mass is 35.5. The first-order valence-electron chi connectivity index (χ1n) is 9.71. The number of hydrogen-bond acceptors (Lipinski definition) is 4. The van der Waals surface area contributed by atoms with Crippen molar-refractivity contribution >= 4 is 27.6 Å². The third kappa shape index (κ3) is 7.14. The molecule has 1 aromatic carbocycles. The van der Waals surface area contributed by atoms with E-state index in [1.807, 2.05) is 26.0 Å². The Morgan fingerprint density at radius 2 is 1.96 bits per heavy atom. The monoisotopic (exact) mass is 430 g/mol. The number of guanidine groups is 1. The van der Waals surface area contributed by atoms with Crippen molar-refractivity contribution < 1.29 is 13.2 Å². The zero-order chi connectivity index (χ0) is 20.6. The predicted octanol–water partition coefficient (Wildman–Crippen LogP) is 2.48. The first kappa shape index (κ1) is 22.8. The normalized spacial score (nSPS) is 17.9. The van der Waals surface area contributed by atoms with Crippen molar-refractivity contribution in [1.29, 1.82) is 0 Å². The number of benzene rings is 1. The van der Waals surface area contributed by atoms with Gasteiger partial charge in [-0.15, -0.1) is 0 Å². The number of piperidine rings is 1. The van der Waals surface area contributed by atoms with E-state index in [0.717, 1.165) is 18.6 Å². The van der Waals surface area contributed by atoms with Crippen LogP contribution in [-0.4, -0.2) is 63.3 Å². The molecule has 0 radical (unpaired) electrons. The summed E-state index contributed by atoms with van der Waals surface area (Å²) in [6, 6.07) is 7.47. The zero-order valence-corrected chi connectivity index (χ0v) is 18.4. The molecule has 0 bridgehead atoms. The Balaban J connectivity index is 1.75. The van der Waals surface area contributed by atoms with Gasteiger partial charge in [-0.2, -0.15) is 0 Å². The maximum absolute atomic E-state index is 12.2. The van der Waals surface area contributed by atoms with Crippen LogP contribution in [0, 0.1) is 0 Å². The van der Waals surface area contributed by atoms with E-state index in [1.165, 1.54) is 0 Å². The predicted molar refractivity (Wildman–Crippen MR) is 115 cm³/mol. The van der Waals surface area contributed by atoms with Crippen molar-refractivity contribution in [2.75, 3.05) is 32.4 Å². The van der Waals surface area contributed by atoms with Gasteiger partial charge in [-0.1, -0.05) is 18.5 Å². The van der Waals surface area contributed by atoms with E-state index in [1.54, 1.807) is 23.5 Å². The molecule has 1 atom stereocenters. The Kier molecular flexibility index (Phi) is 8.85. The molecule has 0 amide bonds. The van der Waals surface area contributed by atoms with Gasteiger partial charge in [-0.3, -0.25) is 4.99 Å². The van der Waals surface area contributed by atoms with Crippen molar-refractivity contribution in [3.05, 3.63) is 29.3 Å². The summed E-state index contributed by atoms with van der Waals surface area (Å²) < 4.78 is 31.8. The highest BCUT2D eigenvalue weighted by Gasteiger charge is 2.27. The Hall–Kier alpha value is -1.51. The van der Waals surface area contributed by atoms with Crippen LogP contribution in [0.25, 0.3) is 0 Å². The van der Waals surface area contributed by atoms with Crippen LogP contribution >= 0.6 is 11.6 Å². The van der Waals surface area contributed by atoms with Crippen LogP contribution in [0.3, 0.4) is 0 Å². The van der Waals surface area contributed by atoms with Crippen molar-refractivity contribution in [2.45, 2.75) is 45.3 Å². The third-order valence-electron chi connectivity index (χ3n) is 4.58. The van der Waals surface area contributed by atoms with E-state index in [0.29, 0.717) is 37.0 Å². The lowest BCUT2D eigenvalue weighted by Crippen LogP contribution is -2.51. The first-order chi connectivity index (χ1) is 13.3. The third-order valence-corrected chi connectivity index (χ3v) is 6.91. The van der Waals surface area contributed by atoms with Gasteiger partial charge in [0.1, 0.15) is 11.9 Å². The van der Waals surface area contributed by atoms with Gasteiger partial charge in [-0.05, 0) is 50.5 Å². The highest BCUT2D eigenvalue weighted by molar-refractivity contribution is 7.89. The minimum absolute atomic E-state index is 0.0549. The number of rotatable bonds is 8. The largest absolute Gasteiger partial charge is 0.489 e. The van der Waals surface area contributed by atoms with Crippen LogP contribution < -0.4 is 15.4 Å². The molecule has 158 valence electrons. The molecule has 0 spiro atoms. The second-order valence-corrected chi connectivity index (χ2v) is 9.49. The summed E-state index contributed by atoms with van der Waals surface area (Å²) in [5, 5.41) is 7.32. The number of aliphatic imine (C=N–C) groups is 1. The average Bonchev–Trinajstić information content (AvgIpc) is 2.67. The first-order valence-corrected chi connectivity index (χ1v) is 11.7. The van der Waals surface area contributed by atoms with Crippen LogP contribution in [0.15, 0.2) is 29.3 Å². The van der Waals surface area contributed by atoms with Crippen LogP contribution in [0.4, 0.5) is 0 Å². The molecule has 1 unspecified atom stereocenters. The Morgan fingerprint density at radius 1 is 1.32 bits per heavy atom. The number of halogens is 1. The second-order valence-electron chi connectivity index (χ2n) is 6.97. The SMILES string of the molecule is CCCS(=O)(=O)N1CCC(NC(=NC)NCC(C)Oc2ccc(Cl)cc2)CC1. The van der Waals surface area contributed by atoms with Gasteiger partial charge in [0.15, 0.2) is 5.96 Å². The van der Waals surface area contributed by atoms with Gasteiger partial charge in [0.25, 0.3) is 0 Å². The van der Waals surface area contributed by atoms with Crippen LogP contribution in [0.1, 0.15) is 33.1 Å². The number of sulfonamides is 1. The number of nitrogens with zero attached hydrogens (tertiary/aromatic N) is 2. The fourth-order valence-corrected chi connectivity index (χ4v) is 4.75. The van der Waals surface area contributed by atoms with Gasteiger partial charge in [0.2, 0.25) is 10.0 Å². The summed E-state index contributed by atoms with van der Waals surface area (Å²) in [5.74, 6) is 1.68. The van der Waals surface area contributed by atoms with Crippen LogP contribution in [0.2, 0.25) is 5.02 Å². The summed E-state index contributed by atoms with van der Waals surface area (Å²) in [7, 11) is -1.39. The van der Waals surface area contributed by atoms with E-state index in [4.69, 9.17) is 16.3 Å². The molecule has 1 aliphatic rings. The minimum atomic E-state index is -3.11. The molecule has 0 saturated carbocycles. The average molecular weight is 431 g/mol. The van der Waals surface area contributed by atoms with Crippen LogP contribution in [-0.2, 0) is 10.0 Å². The quantitative estimate of drug-likeness (QED) is 0.489. The number of ether oxygens (including phenoxy) is 1. The molecule has 2 N–H and O–H groups in total. The summed E-state index contributed by atoms with van der Waals surface area (Å²) in [6.07, 6.45) is 2.12. The van der Waals surface area contributed by atoms with Gasteiger partial charge >= 0.3 is 0 Å². The molecule has 1 aliphatic heterocycles. The van der Waals surface area contributed by atoms with E-state index in [2.05, 4.69) is 15.6 Å². The highest BCUT2D eigenvalue weighted by Crippen LogP contribution is 2.17. The molecule has 28 heavy (non-hydrogen) atoms. The van der Waals surface area contributed by atoms with Crippen molar-refractivity contribution in [1.82, 2.24) is 14.9 Å². The molecule has 7 nitrogen and oxygen atoms in total. The lowest BCUT2D eigenvalue weighted by Gasteiger charge is -2.32. The molecule has 0 aromatic heterocycles. The smallest absolute Gasteiger partial charge is 0.214 e. The van der Waals surface area contributed by atoms with Crippen molar-refractivity contribution in [3.8, 4) is 5.75 Å². The van der Waals surface area contributed by atoms with Crippen molar-refractivity contribution in [3.63, 3.8) is 0 Å². The molecule has 1 fully saturated rings. The fourth-order valence-electron chi connectivity index (χ4n) is 3.08. The van der Waals surface area contributed by atoms with Gasteiger partial charge in [0, 0.05) is 31.2 Å². The molecule has 2 rings (SSSR count). The summed E-state index contributed by atoms with van der Waals surface area (Å²) in [4.78, 5) is 4.26. The summed E-state index contributed by atoms with van der Waals surface area (Å²) in [6.45, 7) is 5.55. The Bertz CT molecular complexity index is 732. The van der Waals surface area contributed by atoms with Crippen LogP contribution in [0.5, 0.6) is 5.75 Å². The number of hydrogen-bond donors (Lipinski definition) is 2. The lowest BCUT2D eigenvalue weighted by molar-refractivity contribution is 0.223. The van der Waals surface area contributed by atoms with E-state index in [9.17, 15) is 8.42 Å². The van der Waals surface area contributed by atoms with E-state index < -0.39 is 10.0 Å². The molecule has 1 aromatic rings. The number of nitrogens with one attached hydrogen (secondary N) is 2. The summed E-state index contributed by atoms with van der Waals surface area (Å²) in [5.41, 5.74) is 0. The Labute approximate surface area is 173 Å². The van der Waals surface area contributed by atoms with Gasteiger partial charge < -0.3 is 15.4 Å². The lowest BCUT2D eigenvalue weighted by atomic mass is 10.1. The zero-order valence-electron chi connectivity index (χ0n) is 16.8. The van der Waals surface area contributed by atoms with E-state index in [-0.39, 0.29) is 17.9 Å². The summed E-state index contributed by atoms with van der Waals surface area (Å²) >= 11 is 5.88. The van der Waals surface area contributed by atoms with E-state index >= 15 is 0 Å².